The van der Waals surface area contributed by atoms with Crippen LogP contribution in [-0.2, 0) is 11.3 Å². The largest absolute Gasteiger partial charge is 0.497 e. The molecule has 1 atom stereocenters. The van der Waals surface area contributed by atoms with Gasteiger partial charge in [0, 0.05) is 24.0 Å². The van der Waals surface area contributed by atoms with Crippen LogP contribution < -0.4 is 10.1 Å². The van der Waals surface area contributed by atoms with Gasteiger partial charge in [-0.3, -0.25) is 4.79 Å². The molecule has 1 N–H and O–H groups in total. The number of ether oxygens (including phenoxy) is 1. The Morgan fingerprint density at radius 3 is 2.81 bits per heavy atom. The van der Waals surface area contributed by atoms with Crippen LogP contribution >= 0.6 is 21.6 Å². The van der Waals surface area contributed by atoms with Crippen molar-refractivity contribution < 1.29 is 9.53 Å². The fourth-order valence-corrected chi connectivity index (χ4v) is 5.28. The predicted molar refractivity (Wildman–Crippen MR) is 91.8 cm³/mol. The molecule has 1 aliphatic rings. The van der Waals surface area contributed by atoms with Gasteiger partial charge in [0.05, 0.1) is 7.11 Å². The lowest BCUT2D eigenvalue weighted by Crippen LogP contribution is -2.22. The molecule has 5 heteroatoms. The van der Waals surface area contributed by atoms with Crippen molar-refractivity contribution in [2.45, 2.75) is 43.9 Å². The van der Waals surface area contributed by atoms with Gasteiger partial charge in [0.1, 0.15) is 5.75 Å². The molecule has 0 saturated carbocycles. The molecule has 1 saturated heterocycles. The molecule has 0 aromatic heterocycles. The summed E-state index contributed by atoms with van der Waals surface area (Å²) in [5, 5.41) is 3.79. The van der Waals surface area contributed by atoms with Crippen LogP contribution in [0, 0.1) is 0 Å². The maximum atomic E-state index is 11.8. The Kier molecular flexibility index (Phi) is 7.30. The number of rotatable bonds is 8. The summed E-state index contributed by atoms with van der Waals surface area (Å²) in [4.78, 5) is 11.8. The Bertz CT molecular complexity index is 430. The zero-order chi connectivity index (χ0) is 14.9. The van der Waals surface area contributed by atoms with Gasteiger partial charge in [0.15, 0.2) is 0 Å². The third-order valence-electron chi connectivity index (χ3n) is 3.56. The first-order valence-electron chi connectivity index (χ1n) is 7.46. The average molecular weight is 325 g/mol. The third kappa shape index (κ3) is 6.22. The SMILES string of the molecule is COc1ccc(CNC(=O)CCCCC2CCSS2)cc1. The van der Waals surface area contributed by atoms with E-state index in [2.05, 4.69) is 5.32 Å². The number of unbranched alkanes of at least 4 members (excludes halogenated alkanes) is 1. The van der Waals surface area contributed by atoms with Gasteiger partial charge in [-0.15, -0.1) is 0 Å². The van der Waals surface area contributed by atoms with Crippen molar-refractivity contribution in [2.75, 3.05) is 12.9 Å². The average Bonchev–Trinajstić information content (AvgIpc) is 3.03. The van der Waals surface area contributed by atoms with E-state index in [0.29, 0.717) is 13.0 Å². The van der Waals surface area contributed by atoms with Gasteiger partial charge < -0.3 is 10.1 Å². The number of carbonyl (C=O) groups excluding carboxylic acids is 1. The van der Waals surface area contributed by atoms with E-state index in [1.807, 2.05) is 45.9 Å². The lowest BCUT2D eigenvalue weighted by molar-refractivity contribution is -0.121. The second-order valence-corrected chi connectivity index (χ2v) is 7.99. The molecule has 1 heterocycles. The Hall–Kier alpha value is -0.810. The second-order valence-electron chi connectivity index (χ2n) is 5.20. The molecule has 0 radical (unpaired) electrons. The first-order valence-corrected chi connectivity index (χ1v) is 9.84. The van der Waals surface area contributed by atoms with Crippen molar-refractivity contribution in [2.24, 2.45) is 0 Å². The van der Waals surface area contributed by atoms with Gasteiger partial charge in [-0.05, 0) is 37.0 Å². The smallest absolute Gasteiger partial charge is 0.220 e. The summed E-state index contributed by atoms with van der Waals surface area (Å²) in [5.41, 5.74) is 1.10. The van der Waals surface area contributed by atoms with Crippen LogP contribution in [0.3, 0.4) is 0 Å². The molecule has 0 spiro atoms. The number of methoxy groups -OCH3 is 1. The molecule has 116 valence electrons. The maximum Gasteiger partial charge on any atom is 0.220 e. The van der Waals surface area contributed by atoms with Crippen molar-refractivity contribution in [3.8, 4) is 5.75 Å². The first-order chi connectivity index (χ1) is 10.3. The molecular formula is C16H23NO2S2. The van der Waals surface area contributed by atoms with E-state index in [-0.39, 0.29) is 5.91 Å². The van der Waals surface area contributed by atoms with E-state index >= 15 is 0 Å². The molecule has 0 aliphatic carbocycles. The first kappa shape index (κ1) is 16.6. The summed E-state index contributed by atoms with van der Waals surface area (Å²) < 4.78 is 5.11. The zero-order valence-corrected chi connectivity index (χ0v) is 14.1. The molecular weight excluding hydrogens is 302 g/mol. The molecule has 1 amide bonds. The van der Waals surface area contributed by atoms with E-state index in [1.165, 1.54) is 18.6 Å². The highest BCUT2D eigenvalue weighted by atomic mass is 33.1. The molecule has 1 aliphatic heterocycles. The summed E-state index contributed by atoms with van der Waals surface area (Å²) in [5.74, 6) is 2.28. The van der Waals surface area contributed by atoms with Gasteiger partial charge in [-0.2, -0.15) is 0 Å². The fraction of sp³-hybridized carbons (Fsp3) is 0.562. The predicted octanol–water partition coefficient (Wildman–Crippen LogP) is 4.03. The molecule has 1 fully saturated rings. The van der Waals surface area contributed by atoms with Crippen molar-refractivity contribution in [3.05, 3.63) is 29.8 Å². The molecule has 1 aromatic rings. The minimum Gasteiger partial charge on any atom is -0.497 e. The highest BCUT2D eigenvalue weighted by molar-refractivity contribution is 8.77. The van der Waals surface area contributed by atoms with Crippen LogP contribution in [-0.4, -0.2) is 24.0 Å². The molecule has 21 heavy (non-hydrogen) atoms. The topological polar surface area (TPSA) is 38.3 Å². The lowest BCUT2D eigenvalue weighted by atomic mass is 10.1. The van der Waals surface area contributed by atoms with Crippen molar-refractivity contribution in [1.29, 1.82) is 0 Å². The summed E-state index contributed by atoms with van der Waals surface area (Å²) in [7, 11) is 5.65. The Labute approximate surface area is 135 Å². The van der Waals surface area contributed by atoms with Gasteiger partial charge in [-0.1, -0.05) is 40.1 Å². The summed E-state index contributed by atoms with van der Waals surface area (Å²) in [6.07, 6.45) is 5.38. The Morgan fingerprint density at radius 2 is 2.14 bits per heavy atom. The van der Waals surface area contributed by atoms with E-state index in [4.69, 9.17) is 4.74 Å². The van der Waals surface area contributed by atoms with Crippen LogP contribution in [0.25, 0.3) is 0 Å². The highest BCUT2D eigenvalue weighted by Gasteiger charge is 2.15. The Morgan fingerprint density at radius 1 is 1.33 bits per heavy atom. The maximum absolute atomic E-state index is 11.8. The van der Waals surface area contributed by atoms with E-state index in [0.717, 1.165) is 29.4 Å². The molecule has 1 unspecified atom stereocenters. The fourth-order valence-electron chi connectivity index (χ4n) is 2.25. The molecule has 3 nitrogen and oxygen atoms in total. The zero-order valence-electron chi connectivity index (χ0n) is 12.5. The van der Waals surface area contributed by atoms with Crippen molar-refractivity contribution in [1.82, 2.24) is 5.32 Å². The Balaban J connectivity index is 1.56. The lowest BCUT2D eigenvalue weighted by Gasteiger charge is -2.08. The second kappa shape index (κ2) is 9.26. The van der Waals surface area contributed by atoms with Crippen LogP contribution in [0.15, 0.2) is 24.3 Å². The number of amides is 1. The number of hydrogen-bond donors (Lipinski definition) is 1. The molecule has 1 aromatic carbocycles. The van der Waals surface area contributed by atoms with Gasteiger partial charge in [0.25, 0.3) is 0 Å². The molecule has 2 rings (SSSR count). The van der Waals surface area contributed by atoms with Crippen LogP contribution in [0.4, 0.5) is 0 Å². The van der Waals surface area contributed by atoms with Crippen molar-refractivity contribution in [3.63, 3.8) is 0 Å². The van der Waals surface area contributed by atoms with Crippen LogP contribution in [0.1, 0.15) is 37.7 Å². The summed E-state index contributed by atoms with van der Waals surface area (Å²) in [6.45, 7) is 0.595. The minimum atomic E-state index is 0.152. The van der Waals surface area contributed by atoms with Gasteiger partial charge in [-0.25, -0.2) is 0 Å². The number of carbonyl (C=O) groups is 1. The monoisotopic (exact) mass is 325 g/mol. The summed E-state index contributed by atoms with van der Waals surface area (Å²) >= 11 is 0. The minimum absolute atomic E-state index is 0.152. The van der Waals surface area contributed by atoms with Crippen LogP contribution in [0.5, 0.6) is 5.75 Å². The third-order valence-corrected chi connectivity index (χ3v) is 6.56. The van der Waals surface area contributed by atoms with Crippen LogP contribution in [0.2, 0.25) is 0 Å². The number of nitrogens with one attached hydrogen (secondary N) is 1. The highest BCUT2D eigenvalue weighted by Crippen LogP contribution is 2.39. The summed E-state index contributed by atoms with van der Waals surface area (Å²) in [6, 6.07) is 7.79. The van der Waals surface area contributed by atoms with Gasteiger partial charge in [0.2, 0.25) is 5.91 Å². The molecule has 0 bridgehead atoms. The quantitative estimate of drug-likeness (QED) is 0.578. The number of benzene rings is 1. The van der Waals surface area contributed by atoms with Crippen molar-refractivity contribution >= 4 is 27.5 Å². The normalized spacial score (nSPS) is 17.7. The van der Waals surface area contributed by atoms with E-state index in [1.54, 1.807) is 7.11 Å². The number of hydrogen-bond acceptors (Lipinski definition) is 4. The standard InChI is InChI=1S/C16H23NO2S2/c1-19-14-8-6-13(7-9-14)12-17-16(18)5-3-2-4-15-10-11-20-21-15/h6-9,15H,2-5,10-12H2,1H3,(H,17,18). The van der Waals surface area contributed by atoms with E-state index in [9.17, 15) is 4.79 Å². The van der Waals surface area contributed by atoms with E-state index < -0.39 is 0 Å². The van der Waals surface area contributed by atoms with Gasteiger partial charge >= 0.3 is 0 Å².